The summed E-state index contributed by atoms with van der Waals surface area (Å²) in [6.45, 7) is -3.47. The number of carbonyl (C=O) groups is 3. The van der Waals surface area contributed by atoms with Gasteiger partial charge in [-0.3, -0.25) is 0 Å². The van der Waals surface area contributed by atoms with E-state index < -0.39 is 148 Å². The molecule has 3 saturated heterocycles. The molecule has 0 aromatic rings. The lowest BCUT2D eigenvalue weighted by Gasteiger charge is -2.51. The fourth-order valence-corrected chi connectivity index (χ4v) is 5.44. The molecule has 3 rings (SSSR count). The molecule has 0 saturated carbocycles. The van der Waals surface area contributed by atoms with E-state index in [2.05, 4.69) is 0 Å². The molecule has 3 fully saturated rings. The van der Waals surface area contributed by atoms with E-state index in [9.17, 15) is 85.9 Å². The highest BCUT2D eigenvalue weighted by Crippen LogP contribution is 2.42. The topological polar surface area (TPSA) is 381 Å². The largest absolute Gasteiger partial charge is 0.477 e. The van der Waals surface area contributed by atoms with Crippen molar-refractivity contribution in [2.24, 2.45) is 0 Å². The summed E-state index contributed by atoms with van der Waals surface area (Å²) >= 11 is 0. The Morgan fingerprint density at radius 1 is 0.609 bits per heavy atom. The number of hydrogen-bond acceptors (Lipinski definition) is 19. The Labute approximate surface area is 257 Å². The maximum Gasteiger partial charge on any atom is 0.364 e. The highest BCUT2D eigenvalue weighted by atomic mass is 16.8. The van der Waals surface area contributed by atoms with Crippen LogP contribution in [0.1, 0.15) is 19.3 Å². The van der Waals surface area contributed by atoms with Gasteiger partial charge >= 0.3 is 17.9 Å². The number of aliphatic hydroxyl groups is 11. The third-order valence-electron chi connectivity index (χ3n) is 7.94. The first-order valence-electron chi connectivity index (χ1n) is 13.7. The quantitative estimate of drug-likeness (QED) is 0.0859. The summed E-state index contributed by atoms with van der Waals surface area (Å²) in [6, 6.07) is 0. The number of rotatable bonds is 13. The predicted octanol–water partition coefficient (Wildman–Crippen LogP) is -8.04. The van der Waals surface area contributed by atoms with Crippen LogP contribution in [0.3, 0.4) is 0 Å². The van der Waals surface area contributed by atoms with Crippen molar-refractivity contribution in [3.8, 4) is 0 Å². The Hall–Kier alpha value is -2.23. The van der Waals surface area contributed by atoms with Gasteiger partial charge in [0.05, 0.1) is 38.1 Å². The average Bonchev–Trinajstić information content (AvgIpc) is 3.00. The third kappa shape index (κ3) is 7.26. The van der Waals surface area contributed by atoms with Crippen LogP contribution in [0.5, 0.6) is 0 Å². The summed E-state index contributed by atoms with van der Waals surface area (Å²) in [6.07, 6.45) is -29.1. The highest BCUT2D eigenvalue weighted by Gasteiger charge is 2.63. The van der Waals surface area contributed by atoms with Gasteiger partial charge in [0.15, 0.2) is 0 Å². The van der Waals surface area contributed by atoms with Gasteiger partial charge in [0.2, 0.25) is 0 Å². The van der Waals surface area contributed by atoms with E-state index in [4.69, 9.17) is 23.7 Å². The van der Waals surface area contributed by atoms with Gasteiger partial charge < -0.3 is 95.2 Å². The first-order chi connectivity index (χ1) is 21.3. The Bertz CT molecular complexity index is 1090. The zero-order valence-electron chi connectivity index (χ0n) is 23.7. The standard InChI is InChI=1S/C24H38O22/c25-4-8(29)16-13(32)7(28)1-23(45-16,20(37)38)43-12-3-24(21(39)40,46-18(15(12)34)10(31)6-27)42-11-2-22(41,19(35)36)44-17(14(11)33)9(30)5-26/h7-18,25-34,41H,1-6H2,(H,35,36)(H,37,38)(H,39,40)/t7-,8-,9-,10-,11-,12-,13-,14-,15-,16-,17-,18-,22?,23-,24-/m1/s1. The van der Waals surface area contributed by atoms with Crippen molar-refractivity contribution in [2.45, 2.75) is 110 Å². The van der Waals surface area contributed by atoms with E-state index in [1.807, 2.05) is 0 Å². The molecule has 14 N–H and O–H groups in total. The number of ether oxygens (including phenoxy) is 5. The van der Waals surface area contributed by atoms with Crippen molar-refractivity contribution in [3.63, 3.8) is 0 Å². The maximum absolute atomic E-state index is 12.7. The normalized spacial score (nSPS) is 43.8. The molecule has 22 nitrogen and oxygen atoms in total. The van der Waals surface area contributed by atoms with Crippen molar-refractivity contribution in [1.29, 1.82) is 0 Å². The predicted molar refractivity (Wildman–Crippen MR) is 135 cm³/mol. The van der Waals surface area contributed by atoms with Crippen molar-refractivity contribution < 1.29 is 110 Å². The summed E-state index contributed by atoms with van der Waals surface area (Å²) in [4.78, 5) is 36.9. The van der Waals surface area contributed by atoms with Crippen molar-refractivity contribution in [3.05, 3.63) is 0 Å². The van der Waals surface area contributed by atoms with Gasteiger partial charge in [-0.25, -0.2) is 14.4 Å². The van der Waals surface area contributed by atoms with Crippen LogP contribution in [0.25, 0.3) is 0 Å². The van der Waals surface area contributed by atoms with Gasteiger partial charge in [-0.2, -0.15) is 0 Å². The van der Waals surface area contributed by atoms with Gasteiger partial charge in [-0.05, 0) is 0 Å². The molecule has 3 aliphatic heterocycles. The summed E-state index contributed by atoms with van der Waals surface area (Å²) in [7, 11) is 0. The van der Waals surface area contributed by atoms with E-state index in [1.54, 1.807) is 0 Å². The molecule has 0 aliphatic carbocycles. The van der Waals surface area contributed by atoms with Crippen molar-refractivity contribution in [1.82, 2.24) is 0 Å². The number of aliphatic hydroxyl groups excluding tert-OH is 10. The average molecular weight is 679 g/mol. The van der Waals surface area contributed by atoms with Crippen LogP contribution in [-0.2, 0) is 38.1 Å². The first-order valence-corrected chi connectivity index (χ1v) is 13.7. The third-order valence-corrected chi connectivity index (χ3v) is 7.94. The Morgan fingerprint density at radius 3 is 1.37 bits per heavy atom. The molecule has 3 aliphatic rings. The van der Waals surface area contributed by atoms with Crippen LogP contribution in [0.4, 0.5) is 0 Å². The minimum atomic E-state index is -3.27. The lowest BCUT2D eigenvalue weighted by Crippen LogP contribution is -2.69. The maximum atomic E-state index is 12.7. The zero-order valence-corrected chi connectivity index (χ0v) is 23.7. The SMILES string of the molecule is O=C(O)C1(O)C[C@@H](O[C@]2(C(=O)O)C[C@@H](O[C@]3(C(=O)O)C[C@@H](O)[C@@H](O)[C@@H]([C@H](O)CO)O3)[C@@H](O)[C@@H]([C@H](O)CO)O2)[C@@H](O)[C@@H]([C@H](O)CO)O1. The second kappa shape index (κ2) is 14.5. The number of aliphatic carboxylic acids is 3. The lowest BCUT2D eigenvalue weighted by molar-refractivity contribution is -0.390. The minimum Gasteiger partial charge on any atom is -0.477 e. The summed E-state index contributed by atoms with van der Waals surface area (Å²) in [5.74, 6) is -15.9. The summed E-state index contributed by atoms with van der Waals surface area (Å²) in [5.41, 5.74) is 0. The molecule has 0 spiro atoms. The van der Waals surface area contributed by atoms with Crippen LogP contribution in [0.2, 0.25) is 0 Å². The molecule has 0 aromatic carbocycles. The van der Waals surface area contributed by atoms with Crippen LogP contribution < -0.4 is 0 Å². The summed E-state index contributed by atoms with van der Waals surface area (Å²) < 4.78 is 26.4. The molecule has 266 valence electrons. The molecule has 0 amide bonds. The molecular weight excluding hydrogens is 640 g/mol. The Balaban J connectivity index is 2.08. The van der Waals surface area contributed by atoms with Crippen LogP contribution >= 0.6 is 0 Å². The van der Waals surface area contributed by atoms with Gasteiger partial charge in [0, 0.05) is 19.3 Å². The van der Waals surface area contributed by atoms with E-state index in [0.717, 1.165) is 0 Å². The molecule has 0 aromatic heterocycles. The molecule has 3 heterocycles. The van der Waals surface area contributed by atoms with Crippen LogP contribution in [0, 0.1) is 0 Å². The molecular formula is C24H38O22. The smallest absolute Gasteiger partial charge is 0.364 e. The molecule has 1 unspecified atom stereocenters. The van der Waals surface area contributed by atoms with E-state index >= 15 is 0 Å². The first kappa shape index (κ1) is 38.2. The fourth-order valence-electron chi connectivity index (χ4n) is 5.44. The number of carboxylic acid groups (broad SMARTS) is 3. The van der Waals surface area contributed by atoms with Gasteiger partial charge in [-0.15, -0.1) is 0 Å². The molecule has 22 heteroatoms. The monoisotopic (exact) mass is 678 g/mol. The molecule has 46 heavy (non-hydrogen) atoms. The second-order valence-corrected chi connectivity index (χ2v) is 11.2. The number of carboxylic acids is 3. The second-order valence-electron chi connectivity index (χ2n) is 11.2. The Kier molecular flexibility index (Phi) is 12.0. The number of hydrogen-bond donors (Lipinski definition) is 14. The molecule has 0 radical (unpaired) electrons. The molecule has 0 bridgehead atoms. The van der Waals surface area contributed by atoms with Crippen LogP contribution in [0.15, 0.2) is 0 Å². The van der Waals surface area contributed by atoms with Gasteiger partial charge in [0.1, 0.15) is 54.9 Å². The van der Waals surface area contributed by atoms with Crippen LogP contribution in [-0.4, -0.2) is 200 Å². The van der Waals surface area contributed by atoms with E-state index in [0.29, 0.717) is 0 Å². The van der Waals surface area contributed by atoms with E-state index in [-0.39, 0.29) is 0 Å². The minimum absolute atomic E-state index is 1.10. The van der Waals surface area contributed by atoms with Crippen molar-refractivity contribution in [2.75, 3.05) is 19.8 Å². The highest BCUT2D eigenvalue weighted by molar-refractivity contribution is 5.77. The van der Waals surface area contributed by atoms with Crippen molar-refractivity contribution >= 4 is 17.9 Å². The molecule has 15 atom stereocenters. The zero-order chi connectivity index (χ0) is 34.9. The van der Waals surface area contributed by atoms with Gasteiger partial charge in [0.25, 0.3) is 17.4 Å². The van der Waals surface area contributed by atoms with Gasteiger partial charge in [-0.1, -0.05) is 0 Å². The van der Waals surface area contributed by atoms with E-state index in [1.165, 1.54) is 0 Å². The Morgan fingerprint density at radius 2 is 0.978 bits per heavy atom. The fraction of sp³-hybridized carbons (Fsp3) is 0.875. The lowest BCUT2D eigenvalue weighted by atomic mass is 9.89. The summed E-state index contributed by atoms with van der Waals surface area (Å²) in [5, 5.41) is 141.